The Kier molecular flexibility index (Phi) is 5.14. The summed E-state index contributed by atoms with van der Waals surface area (Å²) in [5.41, 5.74) is 0.153. The van der Waals surface area contributed by atoms with Gasteiger partial charge in [0.25, 0.3) is 5.56 Å². The largest absolute Gasteiger partial charge is 0.463 e. The van der Waals surface area contributed by atoms with Gasteiger partial charge in [0.1, 0.15) is 17.3 Å². The molecule has 4 aromatic rings. The lowest BCUT2D eigenvalue weighted by atomic mass is 10.1. The molecule has 0 radical (unpaired) electrons. The molecule has 0 fully saturated rings. The van der Waals surface area contributed by atoms with Gasteiger partial charge in [-0.25, -0.2) is 4.98 Å². The zero-order chi connectivity index (χ0) is 20.2. The van der Waals surface area contributed by atoms with Crippen LogP contribution in [0.5, 0.6) is 0 Å². The van der Waals surface area contributed by atoms with Crippen LogP contribution in [-0.2, 0) is 4.79 Å². The molecule has 142 valence electrons. The lowest BCUT2D eigenvalue weighted by Crippen LogP contribution is -2.17. The molecule has 0 aliphatic rings. The highest BCUT2D eigenvalue weighted by atomic mass is 32.2. The van der Waals surface area contributed by atoms with Crippen LogP contribution in [0.25, 0.3) is 22.2 Å². The van der Waals surface area contributed by atoms with Crippen LogP contribution in [0.2, 0.25) is 0 Å². The first-order valence-corrected chi connectivity index (χ1v) is 9.63. The summed E-state index contributed by atoms with van der Waals surface area (Å²) in [6.45, 7) is 0. The number of amides is 1. The lowest BCUT2D eigenvalue weighted by Gasteiger charge is -2.09. The molecule has 2 aromatic carbocycles. The molecule has 2 heterocycles. The number of nitriles is 1. The monoisotopic (exact) mass is 402 g/mol. The average Bonchev–Trinajstić information content (AvgIpc) is 3.27. The van der Waals surface area contributed by atoms with Gasteiger partial charge < -0.3 is 14.7 Å². The molecule has 0 spiro atoms. The molecule has 1 amide bonds. The number of H-pyrrole nitrogens is 1. The van der Waals surface area contributed by atoms with Crippen LogP contribution in [-0.4, -0.2) is 21.6 Å². The van der Waals surface area contributed by atoms with E-state index in [-0.39, 0.29) is 28.1 Å². The summed E-state index contributed by atoms with van der Waals surface area (Å²) in [6, 6.07) is 18.5. The van der Waals surface area contributed by atoms with Crippen molar-refractivity contribution < 1.29 is 9.21 Å². The van der Waals surface area contributed by atoms with Crippen molar-refractivity contribution in [3.63, 3.8) is 0 Å². The molecule has 2 aromatic heterocycles. The number of thioether (sulfide) groups is 1. The topological polar surface area (TPSA) is 112 Å². The van der Waals surface area contributed by atoms with Gasteiger partial charge in [-0.1, -0.05) is 48.2 Å². The molecule has 0 aliphatic carbocycles. The fraction of sp³-hybridized carbons (Fsp3) is 0.0476. The van der Waals surface area contributed by atoms with Crippen LogP contribution in [0.3, 0.4) is 0 Å². The van der Waals surface area contributed by atoms with Gasteiger partial charge >= 0.3 is 0 Å². The van der Waals surface area contributed by atoms with Crippen molar-refractivity contribution in [1.29, 1.82) is 5.26 Å². The first-order valence-electron chi connectivity index (χ1n) is 8.64. The Labute approximate surface area is 169 Å². The number of hydrogen-bond acceptors (Lipinski definition) is 6. The first-order chi connectivity index (χ1) is 14.2. The highest BCUT2D eigenvalue weighted by Crippen LogP contribution is 2.24. The van der Waals surface area contributed by atoms with E-state index in [1.54, 1.807) is 12.1 Å². The number of nitrogens with zero attached hydrogens (tertiary/aromatic N) is 2. The van der Waals surface area contributed by atoms with E-state index in [1.807, 2.05) is 48.5 Å². The van der Waals surface area contributed by atoms with Crippen molar-refractivity contribution in [2.75, 3.05) is 11.1 Å². The Bertz CT molecular complexity index is 1280. The number of furan rings is 1. The highest BCUT2D eigenvalue weighted by molar-refractivity contribution is 7.99. The second-order valence-electron chi connectivity index (χ2n) is 6.05. The summed E-state index contributed by atoms with van der Waals surface area (Å²) in [5.74, 6) is 0.114. The number of hydrogen-bond donors (Lipinski definition) is 2. The molecular formula is C21H14N4O3S. The SMILES string of the molecule is N#Cc1c(-c2ccco2)nc(SCC(=O)Nc2cccc3ccccc23)[nH]c1=O. The quantitative estimate of drug-likeness (QED) is 0.388. The van der Waals surface area contributed by atoms with E-state index in [1.165, 1.54) is 6.26 Å². The minimum Gasteiger partial charge on any atom is -0.463 e. The minimum absolute atomic E-state index is 0.0374. The zero-order valence-electron chi connectivity index (χ0n) is 15.0. The van der Waals surface area contributed by atoms with Crippen molar-refractivity contribution in [2.24, 2.45) is 0 Å². The predicted octanol–water partition coefficient (Wildman–Crippen LogP) is 3.79. The second-order valence-corrected chi connectivity index (χ2v) is 7.01. The molecular weight excluding hydrogens is 388 g/mol. The zero-order valence-corrected chi connectivity index (χ0v) is 15.8. The second kappa shape index (κ2) is 8.04. The number of aromatic nitrogens is 2. The molecule has 4 rings (SSSR count). The van der Waals surface area contributed by atoms with Crippen molar-refractivity contribution >= 4 is 34.1 Å². The molecule has 0 atom stereocenters. The van der Waals surface area contributed by atoms with Gasteiger partial charge in [0.15, 0.2) is 10.9 Å². The van der Waals surface area contributed by atoms with Crippen molar-refractivity contribution in [1.82, 2.24) is 9.97 Å². The summed E-state index contributed by atoms with van der Waals surface area (Å²) in [4.78, 5) is 31.4. The summed E-state index contributed by atoms with van der Waals surface area (Å²) in [7, 11) is 0. The van der Waals surface area contributed by atoms with Crippen LogP contribution in [0.1, 0.15) is 5.56 Å². The number of fused-ring (bicyclic) bond motifs is 1. The van der Waals surface area contributed by atoms with Gasteiger partial charge in [0, 0.05) is 11.1 Å². The Morgan fingerprint density at radius 3 is 2.79 bits per heavy atom. The Morgan fingerprint density at radius 2 is 2.00 bits per heavy atom. The van der Waals surface area contributed by atoms with Gasteiger partial charge in [-0.05, 0) is 23.6 Å². The van der Waals surface area contributed by atoms with E-state index in [0.717, 1.165) is 22.5 Å². The molecule has 0 aliphatic heterocycles. The van der Waals surface area contributed by atoms with Crippen molar-refractivity contribution in [2.45, 2.75) is 5.16 Å². The van der Waals surface area contributed by atoms with Crippen LogP contribution in [0.4, 0.5) is 5.69 Å². The number of aromatic amines is 1. The number of carbonyl (C=O) groups is 1. The number of carbonyl (C=O) groups excluding carboxylic acids is 1. The molecule has 0 bridgehead atoms. The van der Waals surface area contributed by atoms with Gasteiger partial charge in [-0.15, -0.1) is 0 Å². The number of anilines is 1. The first kappa shape index (κ1) is 18.5. The van der Waals surface area contributed by atoms with Crippen molar-refractivity contribution in [3.8, 4) is 17.5 Å². The fourth-order valence-electron chi connectivity index (χ4n) is 2.87. The van der Waals surface area contributed by atoms with Crippen LogP contribution in [0.15, 0.2) is 75.2 Å². The number of rotatable bonds is 5. The molecule has 0 saturated heterocycles. The third kappa shape index (κ3) is 3.90. The third-order valence-corrected chi connectivity index (χ3v) is 5.04. The minimum atomic E-state index is -0.578. The van der Waals surface area contributed by atoms with E-state index < -0.39 is 5.56 Å². The van der Waals surface area contributed by atoms with Crippen LogP contribution >= 0.6 is 11.8 Å². The molecule has 2 N–H and O–H groups in total. The van der Waals surface area contributed by atoms with Gasteiger partial charge in [-0.2, -0.15) is 5.26 Å². The third-order valence-electron chi connectivity index (χ3n) is 4.17. The smallest absolute Gasteiger partial charge is 0.270 e. The molecule has 0 saturated carbocycles. The van der Waals surface area contributed by atoms with Crippen LogP contribution in [0, 0.1) is 11.3 Å². The van der Waals surface area contributed by atoms with E-state index in [2.05, 4.69) is 15.3 Å². The van der Waals surface area contributed by atoms with Gasteiger partial charge in [-0.3, -0.25) is 9.59 Å². The molecule has 29 heavy (non-hydrogen) atoms. The molecule has 8 heteroatoms. The lowest BCUT2D eigenvalue weighted by molar-refractivity contribution is -0.113. The van der Waals surface area contributed by atoms with E-state index in [4.69, 9.17) is 4.42 Å². The maximum absolute atomic E-state index is 12.4. The summed E-state index contributed by atoms with van der Waals surface area (Å²) in [6.07, 6.45) is 1.43. The average molecular weight is 402 g/mol. The standard InChI is InChI=1S/C21H14N4O3S/c22-11-15-19(17-9-4-10-28-17)24-21(25-20(15)27)29-12-18(26)23-16-8-3-6-13-5-1-2-7-14(13)16/h1-10H,12H2,(H,23,26)(H,24,25,27). The molecule has 0 unspecified atom stereocenters. The summed E-state index contributed by atoms with van der Waals surface area (Å²) < 4.78 is 5.26. The Hall–Kier alpha value is -3.83. The van der Waals surface area contributed by atoms with Gasteiger partial charge in [0.2, 0.25) is 5.91 Å². The van der Waals surface area contributed by atoms with E-state index in [9.17, 15) is 14.9 Å². The number of benzene rings is 2. The normalized spacial score (nSPS) is 10.6. The van der Waals surface area contributed by atoms with Crippen molar-refractivity contribution in [3.05, 3.63) is 76.8 Å². The predicted molar refractivity (Wildman–Crippen MR) is 111 cm³/mol. The van der Waals surface area contributed by atoms with Gasteiger partial charge in [0.05, 0.1) is 12.0 Å². The van der Waals surface area contributed by atoms with E-state index >= 15 is 0 Å². The fourth-order valence-corrected chi connectivity index (χ4v) is 3.53. The number of nitrogens with one attached hydrogen (secondary N) is 2. The van der Waals surface area contributed by atoms with Crippen LogP contribution < -0.4 is 10.9 Å². The maximum Gasteiger partial charge on any atom is 0.270 e. The maximum atomic E-state index is 12.4. The Balaban J connectivity index is 1.52. The highest BCUT2D eigenvalue weighted by Gasteiger charge is 2.16. The Morgan fingerprint density at radius 1 is 1.17 bits per heavy atom. The summed E-state index contributed by atoms with van der Waals surface area (Å²) in [5, 5.41) is 14.3. The summed E-state index contributed by atoms with van der Waals surface area (Å²) >= 11 is 1.07. The molecule has 7 nitrogen and oxygen atoms in total. The van der Waals surface area contributed by atoms with E-state index in [0.29, 0.717) is 11.4 Å².